The highest BCUT2D eigenvalue weighted by Gasteiger charge is 2.10. The van der Waals surface area contributed by atoms with Crippen molar-refractivity contribution in [2.75, 3.05) is 5.32 Å². The highest BCUT2D eigenvalue weighted by atomic mass is 127. The van der Waals surface area contributed by atoms with Gasteiger partial charge in [0.05, 0.1) is 0 Å². The monoisotopic (exact) mass is 558 g/mol. The molecule has 0 aromatic heterocycles. The van der Waals surface area contributed by atoms with Gasteiger partial charge in [-0.25, -0.2) is 0 Å². The van der Waals surface area contributed by atoms with Crippen molar-refractivity contribution >= 4 is 56.2 Å². The molecule has 0 fully saturated rings. The van der Waals surface area contributed by atoms with Gasteiger partial charge < -0.3 is 10.1 Å². The van der Waals surface area contributed by atoms with E-state index in [0.29, 0.717) is 18.0 Å². The average Bonchev–Trinajstić information content (AvgIpc) is 2.72. The Morgan fingerprint density at radius 2 is 1.83 bits per heavy atom. The van der Waals surface area contributed by atoms with Crippen LogP contribution in [0, 0.1) is 14.9 Å². The van der Waals surface area contributed by atoms with E-state index in [1.54, 1.807) is 12.1 Å². The predicted octanol–water partition coefficient (Wildman–Crippen LogP) is 6.18. The Bertz CT molecular complexity index is 1070. The lowest BCUT2D eigenvalue weighted by molar-refractivity contribution is -0.112. The first kappa shape index (κ1) is 21.1. The molecule has 0 atom stereocenters. The fraction of sp³-hybridized carbons (Fsp3) is 0.0435. The quantitative estimate of drug-likeness (QED) is 0.223. The van der Waals surface area contributed by atoms with Crippen LogP contribution < -0.4 is 10.1 Å². The second kappa shape index (κ2) is 10.2. The third-order valence-corrected chi connectivity index (χ3v) is 5.16. The molecule has 3 aromatic carbocycles. The molecule has 0 saturated carbocycles. The van der Waals surface area contributed by atoms with Crippen LogP contribution in [0.25, 0.3) is 6.08 Å². The van der Waals surface area contributed by atoms with Gasteiger partial charge in [-0.3, -0.25) is 4.79 Å². The van der Waals surface area contributed by atoms with Gasteiger partial charge in [-0.2, -0.15) is 5.26 Å². The zero-order chi connectivity index (χ0) is 20.6. The van der Waals surface area contributed by atoms with Crippen molar-refractivity contribution < 1.29 is 9.53 Å². The second-order valence-corrected chi connectivity index (χ2v) is 8.28. The van der Waals surface area contributed by atoms with Crippen LogP contribution in [0.3, 0.4) is 0 Å². The standard InChI is InChI=1S/C23H16BrIN2O2/c24-19-8-4-17(5-9-19)15-29-22-10-6-16(7-11-22)12-18(14-26)23(28)27-21-3-1-2-20(25)13-21/h1-13H,15H2,(H,27,28)/b18-12+. The molecule has 1 N–H and O–H groups in total. The largest absolute Gasteiger partial charge is 0.489 e. The van der Waals surface area contributed by atoms with Gasteiger partial charge in [-0.05, 0) is 82.3 Å². The summed E-state index contributed by atoms with van der Waals surface area (Å²) >= 11 is 5.58. The maximum atomic E-state index is 12.4. The minimum absolute atomic E-state index is 0.0346. The van der Waals surface area contributed by atoms with Crippen molar-refractivity contribution in [3.8, 4) is 11.8 Å². The van der Waals surface area contributed by atoms with Crippen LogP contribution in [0.2, 0.25) is 0 Å². The Labute approximate surface area is 191 Å². The molecular formula is C23H16BrIN2O2. The zero-order valence-corrected chi connectivity index (χ0v) is 19.0. The van der Waals surface area contributed by atoms with Crippen LogP contribution in [0.1, 0.15) is 11.1 Å². The molecular weight excluding hydrogens is 543 g/mol. The molecule has 0 aliphatic carbocycles. The van der Waals surface area contributed by atoms with Crippen LogP contribution in [0.15, 0.2) is 82.8 Å². The predicted molar refractivity (Wildman–Crippen MR) is 126 cm³/mol. The Balaban J connectivity index is 1.64. The summed E-state index contributed by atoms with van der Waals surface area (Å²) in [6.45, 7) is 0.462. The molecule has 3 rings (SSSR count). The molecule has 144 valence electrons. The number of nitrogens with one attached hydrogen (secondary N) is 1. The molecule has 1 amide bonds. The molecule has 0 heterocycles. The first-order chi connectivity index (χ1) is 14.0. The number of anilines is 1. The molecule has 0 aliphatic rings. The second-order valence-electron chi connectivity index (χ2n) is 6.12. The van der Waals surface area contributed by atoms with E-state index in [1.165, 1.54) is 0 Å². The highest BCUT2D eigenvalue weighted by Crippen LogP contribution is 2.18. The first-order valence-electron chi connectivity index (χ1n) is 8.69. The van der Waals surface area contributed by atoms with Crippen LogP contribution in [-0.2, 0) is 11.4 Å². The Kier molecular flexibility index (Phi) is 7.44. The summed E-state index contributed by atoms with van der Waals surface area (Å²) in [6, 6.07) is 24.5. The van der Waals surface area contributed by atoms with Crippen molar-refractivity contribution in [2.45, 2.75) is 6.61 Å². The number of rotatable bonds is 6. The van der Waals surface area contributed by atoms with Gasteiger partial charge in [-0.1, -0.05) is 46.3 Å². The smallest absolute Gasteiger partial charge is 0.266 e. The summed E-state index contributed by atoms with van der Waals surface area (Å²) in [7, 11) is 0. The van der Waals surface area contributed by atoms with E-state index in [2.05, 4.69) is 43.8 Å². The van der Waals surface area contributed by atoms with E-state index in [9.17, 15) is 10.1 Å². The topological polar surface area (TPSA) is 62.1 Å². The number of ether oxygens (including phenoxy) is 1. The van der Waals surface area contributed by atoms with E-state index in [0.717, 1.165) is 19.2 Å². The van der Waals surface area contributed by atoms with E-state index < -0.39 is 5.91 Å². The normalized spacial score (nSPS) is 10.9. The van der Waals surface area contributed by atoms with Gasteiger partial charge in [0.2, 0.25) is 0 Å². The molecule has 0 aliphatic heterocycles. The summed E-state index contributed by atoms with van der Waals surface area (Å²) < 4.78 is 7.80. The highest BCUT2D eigenvalue weighted by molar-refractivity contribution is 14.1. The van der Waals surface area contributed by atoms with Crippen LogP contribution in [0.5, 0.6) is 5.75 Å². The molecule has 0 radical (unpaired) electrons. The third kappa shape index (κ3) is 6.44. The van der Waals surface area contributed by atoms with Crippen LogP contribution in [0.4, 0.5) is 5.69 Å². The number of benzene rings is 3. The molecule has 0 bridgehead atoms. The SMILES string of the molecule is N#C/C(=C\c1ccc(OCc2ccc(Br)cc2)cc1)C(=O)Nc1cccc(I)c1. The van der Waals surface area contributed by atoms with E-state index in [4.69, 9.17) is 4.74 Å². The van der Waals surface area contributed by atoms with Crippen LogP contribution in [-0.4, -0.2) is 5.91 Å². The van der Waals surface area contributed by atoms with Gasteiger partial charge in [0.1, 0.15) is 24.0 Å². The number of hydrogen-bond donors (Lipinski definition) is 1. The van der Waals surface area contributed by atoms with Crippen molar-refractivity contribution in [3.63, 3.8) is 0 Å². The van der Waals surface area contributed by atoms with Crippen LogP contribution >= 0.6 is 38.5 Å². The summed E-state index contributed by atoms with van der Waals surface area (Å²) in [5.41, 5.74) is 2.50. The molecule has 0 saturated heterocycles. The molecule has 6 heteroatoms. The summed E-state index contributed by atoms with van der Waals surface area (Å²) in [4.78, 5) is 12.4. The Morgan fingerprint density at radius 3 is 2.48 bits per heavy atom. The lowest BCUT2D eigenvalue weighted by Gasteiger charge is -2.07. The number of amides is 1. The van der Waals surface area contributed by atoms with Gasteiger partial charge >= 0.3 is 0 Å². The van der Waals surface area contributed by atoms with Crippen molar-refractivity contribution in [1.29, 1.82) is 5.26 Å². The van der Waals surface area contributed by atoms with Gasteiger partial charge in [0, 0.05) is 13.7 Å². The first-order valence-corrected chi connectivity index (χ1v) is 10.6. The molecule has 29 heavy (non-hydrogen) atoms. The van der Waals surface area contributed by atoms with E-state index in [1.807, 2.05) is 72.8 Å². The molecule has 0 spiro atoms. The lowest BCUT2D eigenvalue weighted by Crippen LogP contribution is -2.13. The number of carbonyl (C=O) groups is 1. The van der Waals surface area contributed by atoms with E-state index in [-0.39, 0.29) is 5.57 Å². The lowest BCUT2D eigenvalue weighted by atomic mass is 10.1. The number of hydrogen-bond acceptors (Lipinski definition) is 3. The van der Waals surface area contributed by atoms with Gasteiger partial charge in [0.15, 0.2) is 0 Å². The summed E-state index contributed by atoms with van der Waals surface area (Å²) in [5, 5.41) is 12.1. The number of halogens is 2. The minimum atomic E-state index is -0.440. The number of carbonyl (C=O) groups excluding carboxylic acids is 1. The molecule has 4 nitrogen and oxygen atoms in total. The zero-order valence-electron chi connectivity index (χ0n) is 15.2. The fourth-order valence-electron chi connectivity index (χ4n) is 2.49. The summed E-state index contributed by atoms with van der Waals surface area (Å²) in [5.74, 6) is 0.275. The maximum Gasteiger partial charge on any atom is 0.266 e. The molecule has 3 aromatic rings. The number of nitriles is 1. The van der Waals surface area contributed by atoms with Crippen molar-refractivity contribution in [3.05, 3.63) is 97.5 Å². The average molecular weight is 559 g/mol. The van der Waals surface area contributed by atoms with Crippen molar-refractivity contribution in [1.82, 2.24) is 0 Å². The maximum absolute atomic E-state index is 12.4. The van der Waals surface area contributed by atoms with Gasteiger partial charge in [-0.15, -0.1) is 0 Å². The fourth-order valence-corrected chi connectivity index (χ4v) is 3.29. The third-order valence-electron chi connectivity index (χ3n) is 3.96. The Morgan fingerprint density at radius 1 is 1.10 bits per heavy atom. The summed E-state index contributed by atoms with van der Waals surface area (Å²) in [6.07, 6.45) is 1.56. The molecule has 0 unspecified atom stereocenters. The van der Waals surface area contributed by atoms with Gasteiger partial charge in [0.25, 0.3) is 5.91 Å². The Hall–Kier alpha value is -2.63. The minimum Gasteiger partial charge on any atom is -0.489 e. The van der Waals surface area contributed by atoms with E-state index >= 15 is 0 Å². The van der Waals surface area contributed by atoms with Crippen molar-refractivity contribution in [2.24, 2.45) is 0 Å². The number of nitrogens with zero attached hydrogens (tertiary/aromatic N) is 1.